The molecule has 5 nitrogen and oxygen atoms in total. The van der Waals surface area contributed by atoms with Crippen LogP contribution >= 0.6 is 0 Å². The van der Waals surface area contributed by atoms with Gasteiger partial charge in [-0.25, -0.2) is 14.4 Å². The molecule has 0 saturated carbocycles. The van der Waals surface area contributed by atoms with Gasteiger partial charge in [0, 0.05) is 0 Å². The van der Waals surface area contributed by atoms with Crippen LogP contribution in [0.2, 0.25) is 0 Å². The molecule has 0 atom stereocenters. The largest absolute Gasteiger partial charge is 0.524 e. The first-order valence-electron chi connectivity index (χ1n) is 9.69. The van der Waals surface area contributed by atoms with Crippen LogP contribution in [0.1, 0.15) is 71.4 Å². The second kappa shape index (κ2) is 11.0. The van der Waals surface area contributed by atoms with Gasteiger partial charge in [-0.2, -0.15) is 0 Å². The van der Waals surface area contributed by atoms with E-state index in [1.165, 1.54) is 0 Å². The van der Waals surface area contributed by atoms with Crippen LogP contribution in [0, 0.1) is 0 Å². The molecule has 5 heteroatoms. The Morgan fingerprint density at radius 3 is 1.32 bits per heavy atom. The third-order valence-electron chi connectivity index (χ3n) is 4.37. The fourth-order valence-electron chi connectivity index (χ4n) is 2.67. The predicted molar refractivity (Wildman–Crippen MR) is 106 cm³/mol. The minimum atomic E-state index is -1.33. The van der Waals surface area contributed by atoms with E-state index in [-0.39, 0.29) is 11.1 Å². The quantitative estimate of drug-likeness (QED) is 0.445. The Morgan fingerprint density at radius 2 is 1.00 bits per heavy atom. The fraction of sp³-hybridized carbons (Fsp3) is 0.348. The minimum absolute atomic E-state index is 0.227. The highest BCUT2D eigenvalue weighted by molar-refractivity contribution is 6.00. The van der Waals surface area contributed by atoms with Crippen molar-refractivity contribution in [1.29, 1.82) is 0 Å². The molecule has 0 aliphatic carbocycles. The molecule has 0 radical (unpaired) electrons. The van der Waals surface area contributed by atoms with Crippen molar-refractivity contribution in [3.05, 3.63) is 70.8 Å². The van der Waals surface area contributed by atoms with Crippen molar-refractivity contribution in [3.63, 3.8) is 0 Å². The van der Waals surface area contributed by atoms with Crippen LogP contribution in [0.15, 0.2) is 48.5 Å². The fourth-order valence-corrected chi connectivity index (χ4v) is 2.67. The summed E-state index contributed by atoms with van der Waals surface area (Å²) in [4.78, 5) is 35.8. The number of unbranched alkanes of at least 4 members (excludes halogenated alkanes) is 2. The highest BCUT2D eigenvalue weighted by Gasteiger charge is 2.19. The summed E-state index contributed by atoms with van der Waals surface area (Å²) in [5.41, 5.74) is 2.67. The lowest BCUT2D eigenvalue weighted by Crippen LogP contribution is -2.18. The van der Waals surface area contributed by atoms with Crippen LogP contribution in [-0.4, -0.2) is 18.1 Å². The zero-order chi connectivity index (χ0) is 20.4. The van der Waals surface area contributed by atoms with Crippen molar-refractivity contribution in [2.45, 2.75) is 52.4 Å². The summed E-state index contributed by atoms with van der Waals surface area (Å²) < 4.78 is 9.21. The van der Waals surface area contributed by atoms with Gasteiger partial charge in [0.05, 0.1) is 11.1 Å². The molecule has 148 valence electrons. The maximum Gasteiger partial charge on any atom is 0.524 e. The average molecular weight is 382 g/mol. The van der Waals surface area contributed by atoms with Crippen molar-refractivity contribution < 1.29 is 23.9 Å². The van der Waals surface area contributed by atoms with Gasteiger partial charge in [-0.1, -0.05) is 51.0 Å². The Kier molecular flexibility index (Phi) is 8.40. The molecular formula is C23H26O5. The summed E-state index contributed by atoms with van der Waals surface area (Å²) >= 11 is 0. The third kappa shape index (κ3) is 6.65. The monoisotopic (exact) mass is 382 g/mol. The van der Waals surface area contributed by atoms with Crippen LogP contribution in [-0.2, 0) is 22.3 Å². The lowest BCUT2D eigenvalue weighted by Gasteiger charge is -2.06. The number of ether oxygens (including phenoxy) is 2. The Labute approximate surface area is 165 Å². The molecule has 0 N–H and O–H groups in total. The van der Waals surface area contributed by atoms with Gasteiger partial charge in [0.25, 0.3) is 0 Å². The summed E-state index contributed by atoms with van der Waals surface area (Å²) in [6.45, 7) is 4.22. The maximum absolute atomic E-state index is 12.0. The number of benzene rings is 2. The van der Waals surface area contributed by atoms with Gasteiger partial charge in [-0.3, -0.25) is 0 Å². The van der Waals surface area contributed by atoms with Crippen molar-refractivity contribution >= 4 is 18.1 Å². The van der Waals surface area contributed by atoms with Gasteiger partial charge in [0.15, 0.2) is 0 Å². The van der Waals surface area contributed by atoms with Gasteiger partial charge < -0.3 is 9.47 Å². The van der Waals surface area contributed by atoms with Crippen LogP contribution in [0.5, 0.6) is 0 Å². The van der Waals surface area contributed by atoms with Crippen molar-refractivity contribution in [2.24, 2.45) is 0 Å². The zero-order valence-corrected chi connectivity index (χ0v) is 16.4. The Bertz CT molecular complexity index is 723. The van der Waals surface area contributed by atoms with Crippen LogP contribution in [0.3, 0.4) is 0 Å². The van der Waals surface area contributed by atoms with E-state index in [0.29, 0.717) is 0 Å². The molecule has 0 fully saturated rings. The summed E-state index contributed by atoms with van der Waals surface area (Å²) in [6.07, 6.45) is 4.84. The lowest BCUT2D eigenvalue weighted by atomic mass is 10.1. The first-order chi connectivity index (χ1) is 13.5. The van der Waals surface area contributed by atoms with Crippen LogP contribution in [0.25, 0.3) is 0 Å². The average Bonchev–Trinajstić information content (AvgIpc) is 2.71. The standard InChI is InChI=1S/C23H26O5/c1-3-5-7-17-9-13-19(14-10-17)21(24)27-23(26)28-22(25)20-15-11-18(12-16-20)8-6-4-2/h9-16H,3-8H2,1-2H3. The Hall–Kier alpha value is -2.95. The number of carbonyl (C=O) groups excluding carboxylic acids is 3. The third-order valence-corrected chi connectivity index (χ3v) is 4.37. The second-order valence-electron chi connectivity index (χ2n) is 6.63. The topological polar surface area (TPSA) is 69.7 Å². The van der Waals surface area contributed by atoms with Crippen molar-refractivity contribution in [1.82, 2.24) is 0 Å². The molecule has 0 amide bonds. The number of hydrogen-bond donors (Lipinski definition) is 0. The number of carbonyl (C=O) groups is 3. The van der Waals surface area contributed by atoms with E-state index < -0.39 is 18.1 Å². The highest BCUT2D eigenvalue weighted by atomic mass is 16.8. The lowest BCUT2D eigenvalue weighted by molar-refractivity contribution is 0.0337. The molecule has 0 aliphatic heterocycles. The molecule has 2 aromatic rings. The molecule has 0 aliphatic rings. The van der Waals surface area contributed by atoms with E-state index in [4.69, 9.17) is 0 Å². The highest BCUT2D eigenvalue weighted by Crippen LogP contribution is 2.11. The molecule has 0 saturated heterocycles. The summed E-state index contributed by atoms with van der Waals surface area (Å²) in [7, 11) is 0. The molecule has 0 spiro atoms. The molecule has 28 heavy (non-hydrogen) atoms. The molecule has 0 aromatic heterocycles. The smallest absolute Gasteiger partial charge is 0.356 e. The number of aryl methyl sites for hydroxylation is 2. The van der Waals surface area contributed by atoms with Crippen LogP contribution < -0.4 is 0 Å². The van der Waals surface area contributed by atoms with E-state index in [0.717, 1.165) is 49.7 Å². The number of hydrogen-bond acceptors (Lipinski definition) is 5. The number of esters is 2. The molecule has 0 unspecified atom stereocenters. The second-order valence-corrected chi connectivity index (χ2v) is 6.63. The summed E-state index contributed by atoms with van der Waals surface area (Å²) in [5, 5.41) is 0. The van der Waals surface area contributed by atoms with Gasteiger partial charge in [-0.15, -0.1) is 0 Å². The van der Waals surface area contributed by atoms with Gasteiger partial charge >= 0.3 is 18.1 Å². The van der Waals surface area contributed by atoms with Gasteiger partial charge in [0.1, 0.15) is 0 Å². The first-order valence-corrected chi connectivity index (χ1v) is 9.69. The van der Waals surface area contributed by atoms with E-state index in [1.807, 2.05) is 24.3 Å². The number of rotatable bonds is 8. The van der Waals surface area contributed by atoms with Gasteiger partial charge in [0.2, 0.25) is 0 Å². The Morgan fingerprint density at radius 1 is 0.643 bits per heavy atom. The molecular weight excluding hydrogens is 356 g/mol. The van der Waals surface area contributed by atoms with E-state index in [1.54, 1.807) is 24.3 Å². The van der Waals surface area contributed by atoms with Gasteiger partial charge in [-0.05, 0) is 61.1 Å². The molecule has 0 heterocycles. The maximum atomic E-state index is 12.0. The zero-order valence-electron chi connectivity index (χ0n) is 16.4. The Balaban J connectivity index is 1.86. The molecule has 2 aromatic carbocycles. The van der Waals surface area contributed by atoms with E-state index in [9.17, 15) is 14.4 Å². The minimum Gasteiger partial charge on any atom is -0.356 e. The summed E-state index contributed by atoms with van der Waals surface area (Å²) in [6, 6.07) is 13.7. The first kappa shape index (κ1) is 21.4. The van der Waals surface area contributed by atoms with Crippen molar-refractivity contribution in [3.8, 4) is 0 Å². The summed E-state index contributed by atoms with van der Waals surface area (Å²) in [5.74, 6) is -1.70. The molecule has 2 rings (SSSR count). The predicted octanol–water partition coefficient (Wildman–Crippen LogP) is 5.51. The SMILES string of the molecule is CCCCc1ccc(C(=O)OC(=O)OC(=O)c2ccc(CCCC)cc2)cc1. The normalized spacial score (nSPS) is 10.4. The van der Waals surface area contributed by atoms with E-state index in [2.05, 4.69) is 23.3 Å². The van der Waals surface area contributed by atoms with Crippen LogP contribution in [0.4, 0.5) is 4.79 Å². The van der Waals surface area contributed by atoms with Crippen molar-refractivity contribution in [2.75, 3.05) is 0 Å². The molecule has 0 bridgehead atoms. The van der Waals surface area contributed by atoms with E-state index >= 15 is 0 Å².